The number of benzene rings is 2. The van der Waals surface area contributed by atoms with Crippen LogP contribution in [0.3, 0.4) is 0 Å². The molecule has 0 saturated heterocycles. The Morgan fingerprint density at radius 3 is 2.19 bits per heavy atom. The standard InChI is InChI=1S/C17H12ClNO2/c1-21-17(20)14-6-4-13(5-7-14)15(11-19)10-12-2-8-16(18)9-3-12/h2-10H,1H3/b15-10+. The van der Waals surface area contributed by atoms with E-state index in [9.17, 15) is 10.1 Å². The van der Waals surface area contributed by atoms with Gasteiger partial charge in [0.05, 0.1) is 24.3 Å². The summed E-state index contributed by atoms with van der Waals surface area (Å²) >= 11 is 5.83. The number of esters is 1. The van der Waals surface area contributed by atoms with Crippen LogP contribution in [0, 0.1) is 11.3 Å². The highest BCUT2D eigenvalue weighted by atomic mass is 35.5. The van der Waals surface area contributed by atoms with Crippen molar-refractivity contribution in [2.45, 2.75) is 0 Å². The summed E-state index contributed by atoms with van der Waals surface area (Å²) in [5.74, 6) is -0.401. The van der Waals surface area contributed by atoms with Crippen LogP contribution >= 0.6 is 11.6 Å². The van der Waals surface area contributed by atoms with Crippen LogP contribution in [0.2, 0.25) is 5.02 Å². The Hall–Kier alpha value is -2.57. The minimum Gasteiger partial charge on any atom is -0.465 e. The normalized spacial score (nSPS) is 10.8. The van der Waals surface area contributed by atoms with E-state index >= 15 is 0 Å². The first kappa shape index (κ1) is 14.8. The highest BCUT2D eigenvalue weighted by Crippen LogP contribution is 2.19. The van der Waals surface area contributed by atoms with Crippen LogP contribution in [0.15, 0.2) is 48.5 Å². The van der Waals surface area contributed by atoms with Crippen molar-refractivity contribution in [2.75, 3.05) is 7.11 Å². The zero-order valence-electron chi connectivity index (χ0n) is 11.3. The summed E-state index contributed by atoms with van der Waals surface area (Å²) in [5.41, 5.74) is 2.58. The van der Waals surface area contributed by atoms with E-state index in [0.717, 1.165) is 11.1 Å². The number of carbonyl (C=O) groups is 1. The molecule has 0 aromatic heterocycles. The summed E-state index contributed by atoms with van der Waals surface area (Å²) < 4.78 is 4.64. The highest BCUT2D eigenvalue weighted by Gasteiger charge is 2.06. The van der Waals surface area contributed by atoms with Gasteiger partial charge < -0.3 is 4.74 Å². The largest absolute Gasteiger partial charge is 0.465 e. The molecule has 0 aliphatic carbocycles. The van der Waals surface area contributed by atoms with Gasteiger partial charge >= 0.3 is 5.97 Å². The van der Waals surface area contributed by atoms with E-state index in [2.05, 4.69) is 10.8 Å². The Bertz CT molecular complexity index is 710. The molecule has 0 aliphatic heterocycles. The Kier molecular flexibility index (Phi) is 4.76. The molecule has 0 heterocycles. The minimum absolute atomic E-state index is 0.401. The molecule has 0 bridgehead atoms. The van der Waals surface area contributed by atoms with Gasteiger partial charge in [0.2, 0.25) is 0 Å². The molecule has 0 unspecified atom stereocenters. The molecule has 0 amide bonds. The number of rotatable bonds is 3. The lowest BCUT2D eigenvalue weighted by Crippen LogP contribution is -2.00. The molecule has 0 atom stereocenters. The molecule has 104 valence electrons. The van der Waals surface area contributed by atoms with Gasteiger partial charge in [0.25, 0.3) is 0 Å². The van der Waals surface area contributed by atoms with Crippen molar-refractivity contribution in [3.63, 3.8) is 0 Å². The molecule has 2 aromatic carbocycles. The number of hydrogen-bond acceptors (Lipinski definition) is 3. The molecule has 3 nitrogen and oxygen atoms in total. The van der Waals surface area contributed by atoms with Crippen molar-refractivity contribution >= 4 is 29.2 Å². The van der Waals surface area contributed by atoms with Crippen LogP contribution in [-0.4, -0.2) is 13.1 Å². The molecule has 0 spiro atoms. The maximum absolute atomic E-state index is 11.4. The third kappa shape index (κ3) is 3.71. The number of allylic oxidation sites excluding steroid dienone is 1. The quantitative estimate of drug-likeness (QED) is 0.485. The fourth-order valence-corrected chi connectivity index (χ4v) is 1.94. The summed E-state index contributed by atoms with van der Waals surface area (Å²) in [5, 5.41) is 9.93. The van der Waals surface area contributed by atoms with E-state index in [0.29, 0.717) is 16.2 Å². The van der Waals surface area contributed by atoms with Crippen LogP contribution in [0.25, 0.3) is 11.6 Å². The Morgan fingerprint density at radius 1 is 1.10 bits per heavy atom. The van der Waals surface area contributed by atoms with Crippen molar-refractivity contribution in [2.24, 2.45) is 0 Å². The summed E-state index contributed by atoms with van der Waals surface area (Å²) in [4.78, 5) is 11.4. The van der Waals surface area contributed by atoms with Gasteiger partial charge in [-0.05, 0) is 41.5 Å². The molecule has 2 rings (SSSR count). The average molecular weight is 298 g/mol. The first-order valence-corrected chi connectivity index (χ1v) is 6.58. The monoisotopic (exact) mass is 297 g/mol. The number of nitrogens with zero attached hydrogens (tertiary/aromatic N) is 1. The summed E-state index contributed by atoms with van der Waals surface area (Å²) in [6, 6.07) is 16.1. The molecule has 0 radical (unpaired) electrons. The second-order valence-electron chi connectivity index (χ2n) is 4.29. The molecule has 4 heteroatoms. The van der Waals surface area contributed by atoms with E-state index in [1.54, 1.807) is 42.5 Å². The fourth-order valence-electron chi connectivity index (χ4n) is 1.81. The average Bonchev–Trinajstić information content (AvgIpc) is 2.54. The van der Waals surface area contributed by atoms with Crippen molar-refractivity contribution in [3.8, 4) is 6.07 Å². The van der Waals surface area contributed by atoms with Crippen LogP contribution in [0.1, 0.15) is 21.5 Å². The number of ether oxygens (including phenoxy) is 1. The predicted molar refractivity (Wildman–Crippen MR) is 82.7 cm³/mol. The van der Waals surface area contributed by atoms with E-state index < -0.39 is 5.97 Å². The van der Waals surface area contributed by atoms with Crippen LogP contribution < -0.4 is 0 Å². The van der Waals surface area contributed by atoms with Gasteiger partial charge in [-0.2, -0.15) is 5.26 Å². The molecular weight excluding hydrogens is 286 g/mol. The lowest BCUT2D eigenvalue weighted by Gasteiger charge is -2.02. The fraction of sp³-hybridized carbons (Fsp3) is 0.0588. The molecule has 21 heavy (non-hydrogen) atoms. The molecular formula is C17H12ClNO2. The van der Waals surface area contributed by atoms with Crippen LogP contribution in [-0.2, 0) is 4.74 Å². The zero-order valence-corrected chi connectivity index (χ0v) is 12.1. The smallest absolute Gasteiger partial charge is 0.337 e. The topological polar surface area (TPSA) is 50.1 Å². The molecule has 0 saturated carbocycles. The van der Waals surface area contributed by atoms with Crippen LogP contribution in [0.5, 0.6) is 0 Å². The second kappa shape index (κ2) is 6.74. The van der Waals surface area contributed by atoms with Crippen molar-refractivity contribution in [1.29, 1.82) is 5.26 Å². The highest BCUT2D eigenvalue weighted by molar-refractivity contribution is 6.30. The van der Waals surface area contributed by atoms with Crippen molar-refractivity contribution < 1.29 is 9.53 Å². The number of halogens is 1. The second-order valence-corrected chi connectivity index (χ2v) is 4.73. The van der Waals surface area contributed by atoms with Gasteiger partial charge in [-0.1, -0.05) is 35.9 Å². The number of carbonyl (C=O) groups excluding carboxylic acids is 1. The summed E-state index contributed by atoms with van der Waals surface area (Å²) in [6.45, 7) is 0. The van der Waals surface area contributed by atoms with E-state index in [4.69, 9.17) is 11.6 Å². The third-order valence-corrected chi connectivity index (χ3v) is 3.17. The number of hydrogen-bond donors (Lipinski definition) is 0. The predicted octanol–water partition coefficient (Wildman–Crippen LogP) is 4.19. The zero-order chi connectivity index (χ0) is 15.2. The maximum atomic E-state index is 11.4. The van der Waals surface area contributed by atoms with Gasteiger partial charge in [-0.15, -0.1) is 0 Å². The van der Waals surface area contributed by atoms with Gasteiger partial charge in [0.1, 0.15) is 0 Å². The Balaban J connectivity index is 2.31. The third-order valence-electron chi connectivity index (χ3n) is 2.92. The molecule has 2 aromatic rings. The molecule has 0 fully saturated rings. The van der Waals surface area contributed by atoms with E-state index in [-0.39, 0.29) is 0 Å². The maximum Gasteiger partial charge on any atom is 0.337 e. The van der Waals surface area contributed by atoms with Gasteiger partial charge in [0, 0.05) is 5.02 Å². The lowest BCUT2D eigenvalue weighted by molar-refractivity contribution is 0.0600. The molecule has 0 aliphatic rings. The molecule has 0 N–H and O–H groups in total. The van der Waals surface area contributed by atoms with Crippen LogP contribution in [0.4, 0.5) is 0 Å². The Labute approximate surface area is 128 Å². The van der Waals surface area contributed by atoms with Crippen molar-refractivity contribution in [3.05, 3.63) is 70.2 Å². The lowest BCUT2D eigenvalue weighted by atomic mass is 10.0. The number of methoxy groups -OCH3 is 1. The first-order chi connectivity index (χ1) is 10.1. The van der Waals surface area contributed by atoms with E-state index in [1.807, 2.05) is 12.1 Å². The van der Waals surface area contributed by atoms with Gasteiger partial charge in [-0.3, -0.25) is 0 Å². The summed E-state index contributed by atoms with van der Waals surface area (Å²) in [6.07, 6.45) is 1.77. The Morgan fingerprint density at radius 2 is 1.67 bits per heavy atom. The first-order valence-electron chi connectivity index (χ1n) is 6.20. The summed E-state index contributed by atoms with van der Waals surface area (Å²) in [7, 11) is 1.33. The SMILES string of the molecule is COC(=O)c1ccc(/C(C#N)=C/c2ccc(Cl)cc2)cc1. The minimum atomic E-state index is -0.401. The van der Waals surface area contributed by atoms with E-state index in [1.165, 1.54) is 7.11 Å². The van der Waals surface area contributed by atoms with Gasteiger partial charge in [0.15, 0.2) is 0 Å². The number of nitriles is 1. The van der Waals surface area contributed by atoms with Gasteiger partial charge in [-0.25, -0.2) is 4.79 Å². The van der Waals surface area contributed by atoms with Crippen molar-refractivity contribution in [1.82, 2.24) is 0 Å².